The minimum atomic E-state index is -0.361. The van der Waals surface area contributed by atoms with Gasteiger partial charge in [-0.25, -0.2) is 4.79 Å². The average molecular weight is 295 g/mol. The summed E-state index contributed by atoms with van der Waals surface area (Å²) in [5.41, 5.74) is 1.92. The fourth-order valence-electron chi connectivity index (χ4n) is 2.20. The van der Waals surface area contributed by atoms with Crippen LogP contribution in [-0.2, 0) is 16.1 Å². The second kappa shape index (κ2) is 6.80. The molecule has 0 atom stereocenters. The first kappa shape index (κ1) is 14.2. The van der Waals surface area contributed by atoms with Crippen molar-refractivity contribution in [1.82, 2.24) is 4.90 Å². The summed E-state index contributed by atoms with van der Waals surface area (Å²) in [6.07, 6.45) is 1.34. The van der Waals surface area contributed by atoms with Gasteiger partial charge in [0.05, 0.1) is 12.7 Å². The molecule has 0 aromatic heterocycles. The molecule has 1 heterocycles. The monoisotopic (exact) mass is 295 g/mol. The van der Waals surface area contributed by atoms with Gasteiger partial charge >= 0.3 is 6.09 Å². The lowest BCUT2D eigenvalue weighted by atomic mass is 10.2. The number of nitrogens with zero attached hydrogens (tertiary/aromatic N) is 1. The molecule has 1 amide bonds. The lowest BCUT2D eigenvalue weighted by Gasteiger charge is -2.25. The van der Waals surface area contributed by atoms with Gasteiger partial charge in [-0.15, -0.1) is 0 Å². The van der Waals surface area contributed by atoms with Crippen LogP contribution in [0.25, 0.3) is 5.76 Å². The van der Waals surface area contributed by atoms with E-state index < -0.39 is 0 Å². The van der Waals surface area contributed by atoms with Gasteiger partial charge in [0.2, 0.25) is 0 Å². The summed E-state index contributed by atoms with van der Waals surface area (Å²) in [5, 5.41) is 0. The van der Waals surface area contributed by atoms with Crippen LogP contribution in [0.2, 0.25) is 0 Å². The minimum absolute atomic E-state index is 0.269. The molecular weight excluding hydrogens is 278 g/mol. The van der Waals surface area contributed by atoms with Crippen LogP contribution in [0.4, 0.5) is 4.79 Å². The van der Waals surface area contributed by atoms with Gasteiger partial charge < -0.3 is 9.47 Å². The number of rotatable bonds is 3. The van der Waals surface area contributed by atoms with Crippen LogP contribution in [0.5, 0.6) is 0 Å². The number of carbonyl (C=O) groups excluding carboxylic acids is 1. The number of carbonyl (C=O) groups is 1. The number of hydrogen-bond donors (Lipinski definition) is 0. The Morgan fingerprint density at radius 1 is 1.05 bits per heavy atom. The zero-order valence-electron chi connectivity index (χ0n) is 12.1. The molecule has 0 saturated carbocycles. The lowest BCUT2D eigenvalue weighted by molar-refractivity contribution is 0.0973. The van der Waals surface area contributed by atoms with E-state index in [-0.39, 0.29) is 12.7 Å². The molecule has 2 aromatic rings. The molecule has 0 fully saturated rings. The number of hydrogen-bond acceptors (Lipinski definition) is 3. The van der Waals surface area contributed by atoms with Gasteiger partial charge in [0.25, 0.3) is 0 Å². The van der Waals surface area contributed by atoms with E-state index in [0.717, 1.165) is 11.1 Å². The largest absolute Gasteiger partial charge is 0.490 e. The van der Waals surface area contributed by atoms with Crippen molar-refractivity contribution in [2.45, 2.75) is 6.61 Å². The third kappa shape index (κ3) is 3.47. The van der Waals surface area contributed by atoms with E-state index >= 15 is 0 Å². The quantitative estimate of drug-likeness (QED) is 0.867. The average Bonchev–Trinajstić information content (AvgIpc) is 2.61. The molecule has 2 aromatic carbocycles. The first-order valence-electron chi connectivity index (χ1n) is 7.20. The zero-order chi connectivity index (χ0) is 15.2. The highest BCUT2D eigenvalue weighted by Crippen LogP contribution is 2.20. The van der Waals surface area contributed by atoms with Crippen molar-refractivity contribution in [2.75, 3.05) is 13.2 Å². The molecule has 0 unspecified atom stereocenters. The smallest absolute Gasteiger partial charge is 0.414 e. The van der Waals surface area contributed by atoms with Crippen LogP contribution >= 0.6 is 0 Å². The molecule has 0 aliphatic carbocycles. The first-order chi connectivity index (χ1) is 10.8. The van der Waals surface area contributed by atoms with Crippen molar-refractivity contribution in [3.63, 3.8) is 0 Å². The van der Waals surface area contributed by atoms with Crippen molar-refractivity contribution in [3.8, 4) is 0 Å². The Kier molecular flexibility index (Phi) is 4.39. The predicted molar refractivity (Wildman–Crippen MR) is 83.7 cm³/mol. The standard InChI is InChI=1S/C18H17NO3/c20-18(22-14-15-7-3-1-4-8-15)19-11-12-21-17(13-19)16-9-5-2-6-10-16/h1-10,13H,11-12,14H2. The van der Waals surface area contributed by atoms with Gasteiger partial charge in [-0.1, -0.05) is 60.7 Å². The first-order valence-corrected chi connectivity index (χ1v) is 7.20. The molecule has 4 heteroatoms. The summed E-state index contributed by atoms with van der Waals surface area (Å²) in [7, 11) is 0. The van der Waals surface area contributed by atoms with E-state index in [4.69, 9.17) is 9.47 Å². The maximum absolute atomic E-state index is 12.2. The van der Waals surface area contributed by atoms with E-state index in [1.165, 1.54) is 0 Å². The molecule has 0 spiro atoms. The van der Waals surface area contributed by atoms with Gasteiger partial charge in [0.1, 0.15) is 19.0 Å². The van der Waals surface area contributed by atoms with Gasteiger partial charge in [0, 0.05) is 5.56 Å². The predicted octanol–water partition coefficient (Wildman–Crippen LogP) is 3.65. The summed E-state index contributed by atoms with van der Waals surface area (Å²) in [5.74, 6) is 0.684. The van der Waals surface area contributed by atoms with Crippen LogP contribution in [0.15, 0.2) is 66.9 Å². The van der Waals surface area contributed by atoms with Crippen molar-refractivity contribution in [1.29, 1.82) is 0 Å². The summed E-state index contributed by atoms with van der Waals surface area (Å²) >= 11 is 0. The fraction of sp³-hybridized carbons (Fsp3) is 0.167. The van der Waals surface area contributed by atoms with Gasteiger partial charge in [0.15, 0.2) is 0 Å². The van der Waals surface area contributed by atoms with Gasteiger partial charge in [-0.05, 0) is 5.56 Å². The molecule has 22 heavy (non-hydrogen) atoms. The Hall–Kier alpha value is -2.75. The topological polar surface area (TPSA) is 38.8 Å². The second-order valence-electron chi connectivity index (χ2n) is 4.94. The zero-order valence-corrected chi connectivity index (χ0v) is 12.1. The molecule has 1 aliphatic rings. The fourth-order valence-corrected chi connectivity index (χ4v) is 2.20. The van der Waals surface area contributed by atoms with Crippen molar-refractivity contribution < 1.29 is 14.3 Å². The second-order valence-corrected chi connectivity index (χ2v) is 4.94. The molecule has 3 rings (SSSR count). The Balaban J connectivity index is 1.65. The molecule has 4 nitrogen and oxygen atoms in total. The third-order valence-corrected chi connectivity index (χ3v) is 3.36. The summed E-state index contributed by atoms with van der Waals surface area (Å²) in [6, 6.07) is 19.3. The normalized spacial score (nSPS) is 14.0. The summed E-state index contributed by atoms with van der Waals surface area (Å²) < 4.78 is 11.0. The Morgan fingerprint density at radius 3 is 2.45 bits per heavy atom. The Morgan fingerprint density at radius 2 is 1.73 bits per heavy atom. The molecule has 0 saturated heterocycles. The molecule has 0 N–H and O–H groups in total. The lowest BCUT2D eigenvalue weighted by Crippen LogP contribution is -2.33. The SMILES string of the molecule is O=C(OCc1ccccc1)N1C=C(c2ccccc2)OCC1. The highest BCUT2D eigenvalue weighted by atomic mass is 16.6. The van der Waals surface area contributed by atoms with Crippen LogP contribution in [0.1, 0.15) is 11.1 Å². The van der Waals surface area contributed by atoms with E-state index in [2.05, 4.69) is 0 Å². The molecule has 112 valence electrons. The summed E-state index contributed by atoms with van der Waals surface area (Å²) in [4.78, 5) is 13.7. The van der Waals surface area contributed by atoms with E-state index in [1.807, 2.05) is 60.7 Å². The summed E-state index contributed by atoms with van der Waals surface area (Å²) in [6.45, 7) is 1.22. The van der Waals surface area contributed by atoms with Gasteiger partial charge in [-0.3, -0.25) is 4.90 Å². The number of amides is 1. The van der Waals surface area contributed by atoms with Crippen molar-refractivity contribution in [2.24, 2.45) is 0 Å². The molecule has 1 aliphatic heterocycles. The van der Waals surface area contributed by atoms with Crippen molar-refractivity contribution in [3.05, 3.63) is 78.0 Å². The van der Waals surface area contributed by atoms with Crippen LogP contribution in [0.3, 0.4) is 0 Å². The van der Waals surface area contributed by atoms with Crippen LogP contribution in [0, 0.1) is 0 Å². The minimum Gasteiger partial charge on any atom is -0.490 e. The molecular formula is C18H17NO3. The van der Waals surface area contributed by atoms with E-state index in [1.54, 1.807) is 11.1 Å². The maximum Gasteiger partial charge on any atom is 0.414 e. The van der Waals surface area contributed by atoms with Crippen molar-refractivity contribution >= 4 is 11.9 Å². The number of ether oxygens (including phenoxy) is 2. The number of benzene rings is 2. The van der Waals surface area contributed by atoms with Crippen LogP contribution < -0.4 is 0 Å². The molecule has 0 bridgehead atoms. The van der Waals surface area contributed by atoms with E-state index in [0.29, 0.717) is 18.9 Å². The highest BCUT2D eigenvalue weighted by Gasteiger charge is 2.19. The van der Waals surface area contributed by atoms with Gasteiger partial charge in [-0.2, -0.15) is 0 Å². The maximum atomic E-state index is 12.2. The molecule has 0 radical (unpaired) electrons. The Bertz CT molecular complexity index is 653. The Labute approximate surface area is 129 Å². The third-order valence-electron chi connectivity index (χ3n) is 3.36. The van der Waals surface area contributed by atoms with Crippen LogP contribution in [-0.4, -0.2) is 24.1 Å². The van der Waals surface area contributed by atoms with E-state index in [9.17, 15) is 4.79 Å². The highest BCUT2D eigenvalue weighted by molar-refractivity contribution is 5.72.